The fourth-order valence-corrected chi connectivity index (χ4v) is 2.25. The average Bonchev–Trinajstić information content (AvgIpc) is 3.02. The first-order valence-electron chi connectivity index (χ1n) is 6.39. The minimum Gasteiger partial charge on any atom is -0.388 e. The van der Waals surface area contributed by atoms with Crippen LogP contribution in [0.3, 0.4) is 0 Å². The quantitative estimate of drug-likeness (QED) is 0.874. The van der Waals surface area contributed by atoms with Crippen molar-refractivity contribution in [2.45, 2.75) is 6.10 Å². The van der Waals surface area contributed by atoms with Crippen molar-refractivity contribution in [1.29, 1.82) is 0 Å². The topological polar surface area (TPSA) is 20.2 Å². The fraction of sp³-hybridized carbons (Fsp3) is 0.0556. The van der Waals surface area contributed by atoms with Gasteiger partial charge in [-0.2, -0.15) is 0 Å². The summed E-state index contributed by atoms with van der Waals surface area (Å²) >= 11 is 0. The molecule has 1 aliphatic rings. The molecule has 0 aromatic heterocycles. The Morgan fingerprint density at radius 1 is 0.684 bits per heavy atom. The van der Waals surface area contributed by atoms with Crippen molar-refractivity contribution >= 4 is 0 Å². The summed E-state index contributed by atoms with van der Waals surface area (Å²) < 4.78 is 0. The zero-order valence-corrected chi connectivity index (χ0v) is 10.5. The summed E-state index contributed by atoms with van der Waals surface area (Å²) in [5, 5.41) is 10.2. The minimum atomic E-state index is -0.542. The maximum absolute atomic E-state index is 10.2. The van der Waals surface area contributed by atoms with Crippen molar-refractivity contribution in [2.75, 3.05) is 0 Å². The van der Waals surface area contributed by atoms with Gasteiger partial charge >= 0.3 is 0 Å². The monoisotopic (exact) mass is 247 g/mol. The molecule has 1 atom stereocenters. The molecular weight excluding hydrogens is 232 g/mol. The summed E-state index contributed by atoms with van der Waals surface area (Å²) in [6, 6.07) is 18.3. The van der Waals surface area contributed by atoms with Gasteiger partial charge in [-0.25, -0.2) is 0 Å². The molecule has 1 aliphatic carbocycles. The average molecular weight is 247 g/mol. The molecular formula is C18H15O. The molecule has 0 aliphatic heterocycles. The van der Waals surface area contributed by atoms with Crippen molar-refractivity contribution < 1.29 is 5.11 Å². The fourth-order valence-electron chi connectivity index (χ4n) is 2.25. The van der Waals surface area contributed by atoms with Crippen LogP contribution in [0, 0.1) is 31.6 Å². The first-order chi connectivity index (χ1) is 9.34. The van der Waals surface area contributed by atoms with Gasteiger partial charge in [-0.3, -0.25) is 0 Å². The van der Waals surface area contributed by atoms with E-state index in [9.17, 15) is 5.11 Å². The lowest BCUT2D eigenvalue weighted by atomic mass is 9.93. The predicted molar refractivity (Wildman–Crippen MR) is 77.3 cm³/mol. The number of aliphatic hydroxyl groups excluding tert-OH is 1. The minimum absolute atomic E-state index is 0.542. The van der Waals surface area contributed by atoms with Crippen LogP contribution >= 0.6 is 0 Å². The summed E-state index contributed by atoms with van der Waals surface area (Å²) in [5.74, 6) is 0.937. The van der Waals surface area contributed by atoms with Gasteiger partial charge in [0.15, 0.2) is 0 Å². The van der Waals surface area contributed by atoms with Crippen molar-refractivity contribution in [3.8, 4) is 11.1 Å². The molecule has 1 saturated carbocycles. The lowest BCUT2D eigenvalue weighted by Crippen LogP contribution is -2.07. The van der Waals surface area contributed by atoms with Crippen LogP contribution in [0.4, 0.5) is 0 Å². The predicted octanol–water partition coefficient (Wildman–Crippen LogP) is 3.79. The van der Waals surface area contributed by atoms with Crippen molar-refractivity contribution in [1.82, 2.24) is 0 Å². The van der Waals surface area contributed by atoms with Crippen LogP contribution in [-0.4, -0.2) is 5.11 Å². The lowest BCUT2D eigenvalue weighted by molar-refractivity contribution is 0.200. The number of benzene rings is 2. The Bertz CT molecular complexity index is 509. The van der Waals surface area contributed by atoms with Gasteiger partial charge in [-0.05, 0) is 42.4 Å². The zero-order valence-electron chi connectivity index (χ0n) is 10.5. The second kappa shape index (κ2) is 5.58. The van der Waals surface area contributed by atoms with Gasteiger partial charge in [0, 0.05) is 5.92 Å². The van der Waals surface area contributed by atoms with Gasteiger partial charge in [-0.1, -0.05) is 54.6 Å². The molecule has 1 fully saturated rings. The second-order valence-electron chi connectivity index (χ2n) is 4.61. The third-order valence-corrected chi connectivity index (χ3v) is 3.34. The Morgan fingerprint density at radius 2 is 1.26 bits per heavy atom. The Kier molecular flexibility index (Phi) is 3.65. The van der Waals surface area contributed by atoms with E-state index in [0.29, 0.717) is 0 Å². The Labute approximate surface area is 114 Å². The van der Waals surface area contributed by atoms with Crippen LogP contribution in [0.25, 0.3) is 11.1 Å². The molecule has 0 unspecified atom stereocenters. The first-order valence-corrected chi connectivity index (χ1v) is 6.39. The Hall–Kier alpha value is -1.60. The van der Waals surface area contributed by atoms with Crippen LogP contribution in [0.5, 0.6) is 0 Å². The second-order valence-corrected chi connectivity index (χ2v) is 4.61. The molecule has 3 rings (SSSR count). The van der Waals surface area contributed by atoms with E-state index in [1.165, 1.54) is 11.1 Å². The molecule has 5 radical (unpaired) electrons. The van der Waals surface area contributed by atoms with Crippen LogP contribution in [-0.2, 0) is 0 Å². The SMILES string of the molecule is O[C@H]([C]1[CH][CH][CH][CH]1)c1ccc(-c2ccccc2)cc1. The van der Waals surface area contributed by atoms with E-state index in [1.807, 2.05) is 56.0 Å². The third-order valence-electron chi connectivity index (χ3n) is 3.34. The molecule has 0 spiro atoms. The van der Waals surface area contributed by atoms with E-state index in [0.717, 1.165) is 11.5 Å². The van der Waals surface area contributed by atoms with Gasteiger partial charge in [0.1, 0.15) is 0 Å². The van der Waals surface area contributed by atoms with E-state index < -0.39 is 6.10 Å². The van der Waals surface area contributed by atoms with Gasteiger partial charge in [-0.15, -0.1) is 0 Å². The number of hydrogen-bond acceptors (Lipinski definition) is 1. The third kappa shape index (κ3) is 2.71. The number of hydrogen-bond donors (Lipinski definition) is 1. The van der Waals surface area contributed by atoms with Crippen molar-refractivity contribution in [2.24, 2.45) is 0 Å². The highest BCUT2D eigenvalue weighted by Gasteiger charge is 2.25. The summed E-state index contributed by atoms with van der Waals surface area (Å²) in [6.45, 7) is 0. The molecule has 2 aromatic carbocycles. The Balaban J connectivity index is 1.79. The highest BCUT2D eigenvalue weighted by atomic mass is 16.3. The van der Waals surface area contributed by atoms with Crippen LogP contribution < -0.4 is 0 Å². The standard InChI is InChI=1S/C18H15O/c19-18(16-8-4-5-9-16)17-12-10-15(11-13-17)14-6-2-1-3-7-14/h1-13,18-19H/t18-/m1/s1. The van der Waals surface area contributed by atoms with Crippen LogP contribution in [0.1, 0.15) is 11.7 Å². The summed E-state index contributed by atoms with van der Waals surface area (Å²) in [5.41, 5.74) is 3.28. The summed E-state index contributed by atoms with van der Waals surface area (Å²) in [6.07, 6.45) is 7.22. The molecule has 0 heterocycles. The van der Waals surface area contributed by atoms with Crippen LogP contribution in [0.2, 0.25) is 0 Å². The van der Waals surface area contributed by atoms with Crippen molar-refractivity contribution in [3.63, 3.8) is 0 Å². The maximum Gasteiger partial charge on any atom is 0.0858 e. The molecule has 0 bridgehead atoms. The highest BCUT2D eigenvalue weighted by molar-refractivity contribution is 5.63. The van der Waals surface area contributed by atoms with E-state index in [2.05, 4.69) is 24.3 Å². The Morgan fingerprint density at radius 3 is 1.89 bits per heavy atom. The van der Waals surface area contributed by atoms with E-state index in [1.54, 1.807) is 0 Å². The van der Waals surface area contributed by atoms with Gasteiger partial charge in [0.2, 0.25) is 0 Å². The normalized spacial score (nSPS) is 17.5. The zero-order chi connectivity index (χ0) is 13.1. The molecule has 0 amide bonds. The smallest absolute Gasteiger partial charge is 0.0858 e. The van der Waals surface area contributed by atoms with E-state index in [4.69, 9.17) is 0 Å². The lowest BCUT2D eigenvalue weighted by Gasteiger charge is -2.17. The molecule has 19 heavy (non-hydrogen) atoms. The first kappa shape index (κ1) is 12.4. The number of aliphatic hydroxyl groups is 1. The highest BCUT2D eigenvalue weighted by Crippen LogP contribution is 2.35. The van der Waals surface area contributed by atoms with E-state index >= 15 is 0 Å². The van der Waals surface area contributed by atoms with Gasteiger partial charge in [0.25, 0.3) is 0 Å². The summed E-state index contributed by atoms with van der Waals surface area (Å²) in [4.78, 5) is 0. The molecule has 1 heteroatoms. The van der Waals surface area contributed by atoms with Gasteiger partial charge < -0.3 is 5.11 Å². The molecule has 0 saturated heterocycles. The molecule has 93 valence electrons. The number of rotatable bonds is 3. The van der Waals surface area contributed by atoms with Crippen LogP contribution in [0.15, 0.2) is 54.6 Å². The molecule has 2 aromatic rings. The largest absolute Gasteiger partial charge is 0.388 e. The molecule has 1 N–H and O–H groups in total. The summed E-state index contributed by atoms with van der Waals surface area (Å²) in [7, 11) is 0. The van der Waals surface area contributed by atoms with Gasteiger partial charge in [0.05, 0.1) is 6.10 Å². The van der Waals surface area contributed by atoms with Crippen molar-refractivity contribution in [3.05, 3.63) is 91.8 Å². The maximum atomic E-state index is 10.2. The molecule has 1 nitrogen and oxygen atoms in total. The van der Waals surface area contributed by atoms with E-state index in [-0.39, 0.29) is 0 Å².